The summed E-state index contributed by atoms with van der Waals surface area (Å²) in [5, 5.41) is 5.14. The normalized spacial score (nSPS) is 15.9. The van der Waals surface area contributed by atoms with Gasteiger partial charge in [-0.15, -0.1) is 0 Å². The van der Waals surface area contributed by atoms with Gasteiger partial charge in [-0.25, -0.2) is 0 Å². The van der Waals surface area contributed by atoms with Gasteiger partial charge in [0.2, 0.25) is 0 Å². The molecule has 6 rings (SSSR count). The third-order valence-electron chi connectivity index (χ3n) is 7.97. The Hall–Kier alpha value is -3.72. The monoisotopic (exact) mass is 799 g/mol. The van der Waals surface area contributed by atoms with Crippen molar-refractivity contribution in [3.05, 3.63) is 167 Å². The molecule has 0 radical (unpaired) electrons. The molecule has 1 aliphatic rings. The van der Waals surface area contributed by atoms with Crippen LogP contribution in [0.4, 0.5) is 0 Å². The van der Waals surface area contributed by atoms with E-state index in [1.54, 1.807) is 11.3 Å². The van der Waals surface area contributed by atoms with Crippen molar-refractivity contribution in [1.29, 1.82) is 0 Å². The zero-order valence-electron chi connectivity index (χ0n) is 25.3. The Balaban J connectivity index is 1.69. The SMILES string of the molecule is CC=C1COCC1=CC(=C([C]#[Os])[P+](c1ccccc1)(c1ccccc1)c1ccccc1)c1ccc(-c2ccc(/C=C/C)cn2)s1. The standard InChI is InChI=1S/C40H34NOPS.Os/c1-4-15-31-22-23-38(41-27-31)40-25-24-39(44-40)37(26-33-29-42-28-32(33)5-2)30(3)43(34-16-9-6-10-17-34,35-18-11-7-12-19-35)36-20-13-8-14-21-36;/h4-27H,28-29H2,1-2H3;/q+1;/b15-4+,32-5?,33-26?,37-30?;. The number of hydrogen-bond acceptors (Lipinski definition) is 3. The number of nitrogens with zero attached hydrogens (tertiary/aromatic N) is 1. The Morgan fingerprint density at radius 1 is 0.778 bits per heavy atom. The van der Waals surface area contributed by atoms with Crippen LogP contribution < -0.4 is 15.9 Å². The van der Waals surface area contributed by atoms with Crippen molar-refractivity contribution < 1.29 is 22.7 Å². The average Bonchev–Trinajstić information content (AvgIpc) is 3.78. The first-order valence-corrected chi connectivity index (χ1v) is 18.9. The van der Waals surface area contributed by atoms with Gasteiger partial charge in [-0.3, -0.25) is 0 Å². The number of benzene rings is 3. The van der Waals surface area contributed by atoms with Gasteiger partial charge in [0, 0.05) is 0 Å². The summed E-state index contributed by atoms with van der Waals surface area (Å²) in [6.07, 6.45) is 10.6. The van der Waals surface area contributed by atoms with Crippen LogP contribution >= 0.6 is 18.6 Å². The van der Waals surface area contributed by atoms with Crippen molar-refractivity contribution in [2.24, 2.45) is 0 Å². The molecule has 0 N–H and O–H groups in total. The quantitative estimate of drug-likeness (QED) is 0.147. The summed E-state index contributed by atoms with van der Waals surface area (Å²) in [6.45, 7) is 5.37. The summed E-state index contributed by atoms with van der Waals surface area (Å²) in [6, 6.07) is 41.8. The fourth-order valence-corrected chi connectivity index (χ4v) is 12.7. The van der Waals surface area contributed by atoms with Crippen molar-refractivity contribution in [1.82, 2.24) is 4.98 Å². The number of allylic oxidation sites excluding steroid dienone is 5. The van der Waals surface area contributed by atoms with Gasteiger partial charge in [0.1, 0.15) is 0 Å². The van der Waals surface area contributed by atoms with Crippen LogP contribution in [0.5, 0.6) is 0 Å². The number of thiophene rings is 1. The van der Waals surface area contributed by atoms with Gasteiger partial charge in [-0.05, 0) is 6.92 Å². The summed E-state index contributed by atoms with van der Waals surface area (Å²) < 4.78 is 9.82. The molecule has 45 heavy (non-hydrogen) atoms. The molecule has 0 spiro atoms. The maximum atomic E-state index is 5.97. The fraction of sp³-hybridized carbons (Fsp3) is 0.100. The first-order chi connectivity index (χ1) is 22.2. The fourth-order valence-electron chi connectivity index (χ4n) is 5.83. The molecule has 1 fully saturated rings. The van der Waals surface area contributed by atoms with Crippen LogP contribution in [-0.4, -0.2) is 18.2 Å². The van der Waals surface area contributed by atoms with Gasteiger partial charge in [-0.2, -0.15) is 0 Å². The van der Waals surface area contributed by atoms with Gasteiger partial charge in [0.25, 0.3) is 0 Å². The van der Waals surface area contributed by atoms with E-state index in [0.29, 0.717) is 13.2 Å². The van der Waals surface area contributed by atoms with Crippen LogP contribution in [-0.2, 0) is 22.7 Å². The molecule has 2 aromatic heterocycles. The van der Waals surface area contributed by atoms with Crippen LogP contribution in [0.3, 0.4) is 0 Å². The molecule has 5 aromatic rings. The van der Waals surface area contributed by atoms with Gasteiger partial charge >= 0.3 is 275 Å². The minimum absolute atomic E-state index is 0.599. The van der Waals surface area contributed by atoms with Crippen molar-refractivity contribution in [2.45, 2.75) is 13.8 Å². The summed E-state index contributed by atoms with van der Waals surface area (Å²) in [5.41, 5.74) is 5.74. The zero-order valence-corrected chi connectivity index (χ0v) is 29.6. The zero-order chi connectivity index (χ0) is 31.1. The van der Waals surface area contributed by atoms with E-state index in [1.807, 2.05) is 37.1 Å². The first-order valence-electron chi connectivity index (χ1n) is 15.0. The summed E-state index contributed by atoms with van der Waals surface area (Å²) in [5.74, 6) is 0. The molecule has 0 amide bonds. The minimum atomic E-state index is -2.39. The molecule has 0 unspecified atom stereocenters. The molecule has 0 bridgehead atoms. The average molecular weight is 798 g/mol. The van der Waals surface area contributed by atoms with E-state index in [0.717, 1.165) is 16.1 Å². The van der Waals surface area contributed by atoms with Gasteiger partial charge in [0.05, 0.1) is 0 Å². The Morgan fingerprint density at radius 3 is 1.89 bits per heavy atom. The van der Waals surface area contributed by atoms with E-state index < -0.39 is 7.26 Å². The molecule has 2 nitrogen and oxygen atoms in total. The van der Waals surface area contributed by atoms with Crippen LogP contribution in [0, 0.1) is 4.37 Å². The van der Waals surface area contributed by atoms with Crippen molar-refractivity contribution in [3.8, 4) is 14.9 Å². The first kappa shape index (κ1) is 31.3. The van der Waals surface area contributed by atoms with E-state index in [9.17, 15) is 0 Å². The third kappa shape index (κ3) is 6.37. The summed E-state index contributed by atoms with van der Waals surface area (Å²) in [4.78, 5) is 7.15. The van der Waals surface area contributed by atoms with E-state index in [4.69, 9.17) is 9.72 Å². The van der Waals surface area contributed by atoms with E-state index in [-0.39, 0.29) is 0 Å². The topological polar surface area (TPSA) is 22.1 Å². The summed E-state index contributed by atoms with van der Waals surface area (Å²) >= 11 is 3.61. The number of ether oxygens (including phenoxy) is 1. The molecule has 3 heterocycles. The van der Waals surface area contributed by atoms with Crippen LogP contribution in [0.25, 0.3) is 22.2 Å². The second-order valence-corrected chi connectivity index (χ2v) is 15.7. The van der Waals surface area contributed by atoms with Crippen LogP contribution in [0.1, 0.15) is 24.3 Å². The Labute approximate surface area is 280 Å². The predicted octanol–water partition coefficient (Wildman–Crippen LogP) is 8.96. The Kier molecular flexibility index (Phi) is 10.1. The number of rotatable bonds is 8. The molecule has 0 atom stereocenters. The Bertz CT molecular complexity index is 1840. The number of hydrogen-bond donors (Lipinski definition) is 0. The molecule has 0 saturated carbocycles. The van der Waals surface area contributed by atoms with Gasteiger partial charge < -0.3 is 0 Å². The molecule has 3 aromatic carbocycles. The predicted molar refractivity (Wildman–Crippen MR) is 191 cm³/mol. The van der Waals surface area contributed by atoms with Crippen LogP contribution in [0.2, 0.25) is 0 Å². The van der Waals surface area contributed by atoms with Crippen molar-refractivity contribution in [2.75, 3.05) is 13.2 Å². The molecular formula is C40H34NOOsPS+. The summed E-state index contributed by atoms with van der Waals surface area (Å²) in [7, 11) is -2.39. The maximum absolute atomic E-state index is 5.97. The van der Waals surface area contributed by atoms with Gasteiger partial charge in [0.15, 0.2) is 0 Å². The molecular weight excluding hydrogens is 764 g/mol. The number of aromatic nitrogens is 1. The van der Waals surface area contributed by atoms with E-state index >= 15 is 0 Å². The molecule has 1 saturated heterocycles. The molecule has 1 aliphatic heterocycles. The van der Waals surface area contributed by atoms with Crippen molar-refractivity contribution in [3.63, 3.8) is 0 Å². The van der Waals surface area contributed by atoms with Gasteiger partial charge in [-0.1, -0.05) is 0 Å². The third-order valence-corrected chi connectivity index (χ3v) is 14.5. The number of pyridine rings is 1. The van der Waals surface area contributed by atoms with Crippen molar-refractivity contribution >= 4 is 46.2 Å². The molecule has 223 valence electrons. The van der Waals surface area contributed by atoms with E-state index in [2.05, 4.69) is 145 Å². The second-order valence-electron chi connectivity index (χ2n) is 10.6. The van der Waals surface area contributed by atoms with E-state index in [1.165, 1.54) is 42.8 Å². The Morgan fingerprint density at radius 2 is 1.38 bits per heavy atom. The van der Waals surface area contributed by atoms with Crippen LogP contribution in [0.15, 0.2) is 156 Å². The molecule has 0 aliphatic carbocycles. The molecule has 5 heteroatoms. The second kappa shape index (κ2) is 14.6.